The number of carboxylic acids is 1. The molecule has 0 fully saturated rings. The fourth-order valence-electron chi connectivity index (χ4n) is 4.50. The molecule has 37 heavy (non-hydrogen) atoms. The second-order valence-electron chi connectivity index (χ2n) is 8.43. The molecule has 5 nitrogen and oxygen atoms in total. The van der Waals surface area contributed by atoms with Crippen molar-refractivity contribution in [1.29, 1.82) is 0 Å². The van der Waals surface area contributed by atoms with Gasteiger partial charge in [-0.15, -0.1) is 0 Å². The number of rotatable bonds is 4. The fraction of sp³-hybridized carbons (Fsp3) is 0.154. The van der Waals surface area contributed by atoms with E-state index in [1.54, 1.807) is 24.3 Å². The van der Waals surface area contributed by atoms with E-state index in [2.05, 4.69) is 4.72 Å². The van der Waals surface area contributed by atoms with E-state index in [-0.39, 0.29) is 28.1 Å². The van der Waals surface area contributed by atoms with E-state index < -0.39 is 46.4 Å². The summed E-state index contributed by atoms with van der Waals surface area (Å²) >= 11 is 0.723. The average Bonchev–Trinajstić information content (AvgIpc) is 2.87. The molecule has 0 amide bonds. The number of hydrogen-bond donors (Lipinski definition) is 2. The zero-order chi connectivity index (χ0) is 26.5. The minimum atomic E-state index is -4.75. The van der Waals surface area contributed by atoms with Gasteiger partial charge in [-0.1, -0.05) is 54.6 Å². The zero-order valence-corrected chi connectivity index (χ0v) is 19.5. The van der Waals surface area contributed by atoms with E-state index in [1.807, 2.05) is 0 Å². The summed E-state index contributed by atoms with van der Waals surface area (Å²) in [6.07, 6.45) is -4.75. The van der Waals surface area contributed by atoms with Gasteiger partial charge in [0.1, 0.15) is 11.1 Å². The maximum absolute atomic E-state index is 16.4. The Morgan fingerprint density at radius 1 is 0.946 bits per heavy atom. The van der Waals surface area contributed by atoms with Gasteiger partial charge in [0, 0.05) is 29.3 Å². The van der Waals surface area contributed by atoms with Crippen LogP contribution in [0.15, 0.2) is 82.6 Å². The molecule has 4 aromatic rings. The van der Waals surface area contributed by atoms with E-state index >= 15 is 8.78 Å². The van der Waals surface area contributed by atoms with Gasteiger partial charge in [-0.3, -0.25) is 14.1 Å². The number of carbonyl (C=O) groups is 1. The Morgan fingerprint density at radius 2 is 1.65 bits per heavy atom. The Morgan fingerprint density at radius 3 is 2.38 bits per heavy atom. The van der Waals surface area contributed by atoms with Crippen LogP contribution in [-0.4, -0.2) is 22.2 Å². The van der Waals surface area contributed by atoms with Crippen LogP contribution < -0.4 is 10.3 Å². The van der Waals surface area contributed by atoms with E-state index in [1.165, 1.54) is 24.3 Å². The molecule has 2 N–H and O–H groups in total. The maximum atomic E-state index is 16.4. The van der Waals surface area contributed by atoms with Crippen molar-refractivity contribution in [3.63, 3.8) is 0 Å². The van der Waals surface area contributed by atoms with Gasteiger partial charge >= 0.3 is 12.1 Å². The lowest BCUT2D eigenvalue weighted by Crippen LogP contribution is -2.41. The summed E-state index contributed by atoms with van der Waals surface area (Å²) in [5.74, 6) is -5.21. The second kappa shape index (κ2) is 9.00. The number of halogens is 5. The van der Waals surface area contributed by atoms with Gasteiger partial charge < -0.3 is 5.11 Å². The lowest BCUT2D eigenvalue weighted by atomic mass is 9.90. The summed E-state index contributed by atoms with van der Waals surface area (Å²) in [6, 6.07) is 13.7. The Labute approximate surface area is 210 Å². The molecule has 11 heteroatoms. The third-order valence-electron chi connectivity index (χ3n) is 6.19. The Balaban J connectivity index is 1.87. The second-order valence-corrected chi connectivity index (χ2v) is 9.31. The van der Waals surface area contributed by atoms with Gasteiger partial charge in [0.2, 0.25) is 0 Å². The number of fused-ring (bicyclic) bond motifs is 2. The number of aromatic nitrogens is 1. The monoisotopic (exact) mass is 532 g/mol. The number of carboxylic acid groups (broad SMARTS) is 1. The third-order valence-corrected chi connectivity index (χ3v) is 7.10. The van der Waals surface area contributed by atoms with Crippen LogP contribution in [0.4, 0.5) is 22.0 Å². The maximum Gasteiger partial charge on any atom is 0.416 e. The predicted molar refractivity (Wildman–Crippen MR) is 129 cm³/mol. The van der Waals surface area contributed by atoms with Crippen molar-refractivity contribution in [2.45, 2.75) is 23.2 Å². The molecule has 2 heterocycles. The highest BCUT2D eigenvalue weighted by atomic mass is 32.2. The quantitative estimate of drug-likeness (QED) is 0.247. The first kappa shape index (κ1) is 25.0. The minimum Gasteiger partial charge on any atom is -0.480 e. The van der Waals surface area contributed by atoms with Crippen molar-refractivity contribution in [3.05, 3.63) is 99.8 Å². The van der Waals surface area contributed by atoms with E-state index in [0.717, 1.165) is 28.6 Å². The molecule has 0 saturated carbocycles. The van der Waals surface area contributed by atoms with Gasteiger partial charge in [0.05, 0.1) is 5.56 Å². The minimum absolute atomic E-state index is 0.187. The number of nitrogens with zero attached hydrogens (tertiary/aromatic N) is 1. The predicted octanol–water partition coefficient (Wildman–Crippen LogP) is 6.06. The van der Waals surface area contributed by atoms with Crippen LogP contribution in [0.1, 0.15) is 22.7 Å². The van der Waals surface area contributed by atoms with Crippen LogP contribution in [-0.2, 0) is 16.9 Å². The number of hydrogen-bond acceptors (Lipinski definition) is 4. The standard InChI is InChI=1S/C26H17F5N2O3S/c27-25(28,18-10-4-6-14-5-1-2-9-17(14)18)19-12-21(34)33-20(24(35)36)13-32-37-23(33)22(19)15-7-3-8-16(11-15)26(29,30)31/h1-12,20,32H,13H2,(H,35,36). The van der Waals surface area contributed by atoms with Crippen LogP contribution in [0.2, 0.25) is 0 Å². The number of alkyl halides is 5. The van der Waals surface area contributed by atoms with E-state index in [4.69, 9.17) is 0 Å². The van der Waals surface area contributed by atoms with Crippen LogP contribution in [0.5, 0.6) is 0 Å². The number of aliphatic carboxylic acids is 1. The Bertz CT molecular complexity index is 1590. The van der Waals surface area contributed by atoms with Gasteiger partial charge in [0.15, 0.2) is 0 Å². The largest absolute Gasteiger partial charge is 0.480 e. The van der Waals surface area contributed by atoms with Crippen molar-refractivity contribution in [1.82, 2.24) is 9.29 Å². The summed E-state index contributed by atoms with van der Waals surface area (Å²) < 4.78 is 76.9. The summed E-state index contributed by atoms with van der Waals surface area (Å²) in [5, 5.41) is 10.2. The highest BCUT2D eigenvalue weighted by molar-refractivity contribution is 7.97. The third kappa shape index (κ3) is 4.27. The van der Waals surface area contributed by atoms with Gasteiger partial charge in [0.25, 0.3) is 11.5 Å². The van der Waals surface area contributed by atoms with E-state index in [9.17, 15) is 27.9 Å². The van der Waals surface area contributed by atoms with Crippen molar-refractivity contribution < 1.29 is 31.9 Å². The van der Waals surface area contributed by atoms with Crippen LogP contribution >= 0.6 is 11.9 Å². The lowest BCUT2D eigenvalue weighted by Gasteiger charge is -2.30. The molecule has 0 spiro atoms. The number of benzene rings is 3. The fourth-order valence-corrected chi connectivity index (χ4v) is 5.52. The molecular weight excluding hydrogens is 515 g/mol. The summed E-state index contributed by atoms with van der Waals surface area (Å²) in [4.78, 5) is 24.9. The summed E-state index contributed by atoms with van der Waals surface area (Å²) in [5.41, 5.74) is -3.91. The van der Waals surface area contributed by atoms with Gasteiger partial charge in [-0.05, 0) is 40.4 Å². The van der Waals surface area contributed by atoms with Crippen molar-refractivity contribution in [3.8, 4) is 11.1 Å². The first-order valence-electron chi connectivity index (χ1n) is 11.0. The highest BCUT2D eigenvalue weighted by Crippen LogP contribution is 2.47. The van der Waals surface area contributed by atoms with Crippen LogP contribution in [0, 0.1) is 0 Å². The van der Waals surface area contributed by atoms with Crippen LogP contribution in [0.25, 0.3) is 21.9 Å². The Hall–Kier alpha value is -3.70. The first-order chi connectivity index (χ1) is 17.5. The molecule has 0 bridgehead atoms. The molecule has 1 aliphatic heterocycles. The average molecular weight is 532 g/mol. The molecule has 0 radical (unpaired) electrons. The van der Waals surface area contributed by atoms with Crippen LogP contribution in [0.3, 0.4) is 0 Å². The molecule has 1 atom stereocenters. The molecule has 5 rings (SSSR count). The molecule has 1 aromatic heterocycles. The highest BCUT2D eigenvalue weighted by Gasteiger charge is 2.42. The first-order valence-corrected chi connectivity index (χ1v) is 11.8. The molecule has 190 valence electrons. The lowest BCUT2D eigenvalue weighted by molar-refractivity contribution is -0.141. The Kier molecular flexibility index (Phi) is 6.07. The van der Waals surface area contributed by atoms with E-state index in [0.29, 0.717) is 17.5 Å². The van der Waals surface area contributed by atoms with Gasteiger partial charge in [-0.2, -0.15) is 22.0 Å². The molecule has 1 aliphatic rings. The van der Waals surface area contributed by atoms with Crippen molar-refractivity contribution in [2.75, 3.05) is 6.54 Å². The summed E-state index contributed by atoms with van der Waals surface area (Å²) in [6.45, 7) is -0.187. The zero-order valence-electron chi connectivity index (χ0n) is 18.7. The SMILES string of the molecule is O=C(O)C1CNSc2c(-c3cccc(C(F)(F)F)c3)c(C(F)(F)c3cccc4ccccc34)cc(=O)n21. The molecule has 0 saturated heterocycles. The van der Waals surface area contributed by atoms with Crippen molar-refractivity contribution >= 4 is 28.7 Å². The molecule has 1 unspecified atom stereocenters. The number of nitrogens with one attached hydrogen (secondary N) is 1. The normalized spacial score (nSPS) is 16.0. The molecule has 0 aliphatic carbocycles. The molecule has 3 aromatic carbocycles. The van der Waals surface area contributed by atoms with Crippen molar-refractivity contribution in [2.24, 2.45) is 0 Å². The topological polar surface area (TPSA) is 71.3 Å². The number of pyridine rings is 1. The summed E-state index contributed by atoms with van der Waals surface area (Å²) in [7, 11) is 0. The van der Waals surface area contributed by atoms with Gasteiger partial charge in [-0.25, -0.2) is 4.79 Å². The smallest absolute Gasteiger partial charge is 0.416 e. The molecular formula is C26H17F5N2O3S.